The summed E-state index contributed by atoms with van der Waals surface area (Å²) in [7, 11) is 0. The quantitative estimate of drug-likeness (QED) is 0.611. The SMILES string of the molecule is Cc1cccc(C)c1OCCC(=O)Nc1cccc(OCCn2cccn2)c1. The Balaban J connectivity index is 1.44. The molecule has 1 aromatic heterocycles. The average Bonchev–Trinajstić information content (AvgIpc) is 3.18. The second-order valence-electron chi connectivity index (χ2n) is 6.51. The van der Waals surface area contributed by atoms with Crippen molar-refractivity contribution >= 4 is 11.6 Å². The fourth-order valence-corrected chi connectivity index (χ4v) is 2.85. The second-order valence-corrected chi connectivity index (χ2v) is 6.51. The molecule has 1 heterocycles. The minimum atomic E-state index is -0.0973. The molecular weight excluding hydrogens is 354 g/mol. The first kappa shape index (κ1) is 19.5. The third-order valence-electron chi connectivity index (χ3n) is 4.25. The molecule has 2 aromatic carbocycles. The Hall–Kier alpha value is -3.28. The molecule has 0 bridgehead atoms. The highest BCUT2D eigenvalue weighted by atomic mass is 16.5. The summed E-state index contributed by atoms with van der Waals surface area (Å²) in [4.78, 5) is 12.2. The number of rotatable bonds is 9. The Bertz CT molecular complexity index is 887. The van der Waals surface area contributed by atoms with Gasteiger partial charge < -0.3 is 14.8 Å². The molecule has 0 saturated carbocycles. The van der Waals surface area contributed by atoms with Crippen molar-refractivity contribution in [3.63, 3.8) is 0 Å². The molecule has 3 rings (SSSR count). The molecule has 28 heavy (non-hydrogen) atoms. The largest absolute Gasteiger partial charge is 0.493 e. The number of nitrogens with one attached hydrogen (secondary N) is 1. The summed E-state index contributed by atoms with van der Waals surface area (Å²) in [5, 5.41) is 7.02. The number of benzene rings is 2. The van der Waals surface area contributed by atoms with Crippen LogP contribution < -0.4 is 14.8 Å². The predicted molar refractivity (Wildman–Crippen MR) is 109 cm³/mol. The monoisotopic (exact) mass is 379 g/mol. The van der Waals surface area contributed by atoms with Crippen molar-refractivity contribution in [3.8, 4) is 11.5 Å². The van der Waals surface area contributed by atoms with Gasteiger partial charge in [-0.15, -0.1) is 0 Å². The zero-order chi connectivity index (χ0) is 19.8. The minimum absolute atomic E-state index is 0.0973. The van der Waals surface area contributed by atoms with E-state index in [2.05, 4.69) is 10.4 Å². The van der Waals surface area contributed by atoms with Gasteiger partial charge in [0.05, 0.1) is 19.6 Å². The molecule has 146 valence electrons. The Kier molecular flexibility index (Phi) is 6.68. The van der Waals surface area contributed by atoms with E-state index in [9.17, 15) is 4.79 Å². The van der Waals surface area contributed by atoms with Crippen LogP contribution in [0.25, 0.3) is 0 Å². The van der Waals surface area contributed by atoms with Gasteiger partial charge >= 0.3 is 0 Å². The number of ether oxygens (including phenoxy) is 2. The maximum atomic E-state index is 12.2. The zero-order valence-electron chi connectivity index (χ0n) is 16.2. The lowest BCUT2D eigenvalue weighted by Gasteiger charge is -2.12. The number of aromatic nitrogens is 2. The standard InChI is InChI=1S/C22H25N3O3/c1-17-6-3-7-18(2)22(17)28-14-10-21(26)24-19-8-4-9-20(16-19)27-15-13-25-12-5-11-23-25/h3-9,11-12,16H,10,13-15H2,1-2H3,(H,24,26). The number of hydrogen-bond acceptors (Lipinski definition) is 4. The summed E-state index contributed by atoms with van der Waals surface area (Å²) in [6, 6.07) is 15.2. The molecule has 0 aliphatic carbocycles. The molecule has 0 radical (unpaired) electrons. The van der Waals surface area contributed by atoms with Crippen LogP contribution in [-0.4, -0.2) is 28.9 Å². The topological polar surface area (TPSA) is 65.4 Å². The van der Waals surface area contributed by atoms with Crippen molar-refractivity contribution in [2.24, 2.45) is 0 Å². The van der Waals surface area contributed by atoms with Crippen molar-refractivity contribution in [2.75, 3.05) is 18.5 Å². The number of amides is 1. The normalized spacial score (nSPS) is 10.5. The van der Waals surface area contributed by atoms with Crippen molar-refractivity contribution in [1.29, 1.82) is 0 Å². The maximum absolute atomic E-state index is 12.2. The summed E-state index contributed by atoms with van der Waals surface area (Å²) >= 11 is 0. The van der Waals surface area contributed by atoms with Crippen molar-refractivity contribution in [2.45, 2.75) is 26.8 Å². The van der Waals surface area contributed by atoms with Gasteiger partial charge in [0.15, 0.2) is 0 Å². The van der Waals surface area contributed by atoms with Crippen molar-refractivity contribution < 1.29 is 14.3 Å². The van der Waals surface area contributed by atoms with E-state index in [4.69, 9.17) is 9.47 Å². The first-order valence-electron chi connectivity index (χ1n) is 9.31. The second kappa shape index (κ2) is 9.60. The van der Waals surface area contributed by atoms with Gasteiger partial charge in [0.2, 0.25) is 5.91 Å². The van der Waals surface area contributed by atoms with Gasteiger partial charge in [0.25, 0.3) is 0 Å². The number of nitrogens with zero attached hydrogens (tertiary/aromatic N) is 2. The van der Waals surface area contributed by atoms with E-state index < -0.39 is 0 Å². The summed E-state index contributed by atoms with van der Waals surface area (Å²) < 4.78 is 13.3. The Labute approximate surface area is 165 Å². The van der Waals surface area contributed by atoms with Crippen LogP contribution >= 0.6 is 0 Å². The number of para-hydroxylation sites is 1. The Morgan fingerprint density at radius 3 is 2.57 bits per heavy atom. The third-order valence-corrected chi connectivity index (χ3v) is 4.25. The van der Waals surface area contributed by atoms with E-state index in [1.165, 1.54) is 0 Å². The van der Waals surface area contributed by atoms with Gasteiger partial charge in [-0.2, -0.15) is 5.10 Å². The van der Waals surface area contributed by atoms with Crippen LogP contribution in [0.3, 0.4) is 0 Å². The molecular formula is C22H25N3O3. The molecule has 6 nitrogen and oxygen atoms in total. The molecule has 1 N–H and O–H groups in total. The number of carbonyl (C=O) groups excluding carboxylic acids is 1. The molecule has 0 fully saturated rings. The number of carbonyl (C=O) groups is 1. The molecule has 0 aliphatic heterocycles. The van der Waals surface area contributed by atoms with Crippen molar-refractivity contribution in [1.82, 2.24) is 9.78 Å². The van der Waals surface area contributed by atoms with Crippen LogP contribution in [0.4, 0.5) is 5.69 Å². The highest BCUT2D eigenvalue weighted by Crippen LogP contribution is 2.22. The van der Waals surface area contributed by atoms with E-state index in [0.717, 1.165) is 16.9 Å². The summed E-state index contributed by atoms with van der Waals surface area (Å²) in [5.41, 5.74) is 2.84. The van der Waals surface area contributed by atoms with Crippen LogP contribution in [0.1, 0.15) is 17.5 Å². The highest BCUT2D eigenvalue weighted by molar-refractivity contribution is 5.90. The number of hydrogen-bond donors (Lipinski definition) is 1. The van der Waals surface area contributed by atoms with Gasteiger partial charge in [0, 0.05) is 24.1 Å². The first-order chi connectivity index (χ1) is 13.6. The third kappa shape index (κ3) is 5.61. The van der Waals surface area contributed by atoms with Crippen LogP contribution in [-0.2, 0) is 11.3 Å². The summed E-state index contributed by atoms with van der Waals surface area (Å²) in [6.07, 6.45) is 3.90. The molecule has 0 aliphatic rings. The summed E-state index contributed by atoms with van der Waals surface area (Å²) in [5.74, 6) is 1.46. The smallest absolute Gasteiger partial charge is 0.227 e. The van der Waals surface area contributed by atoms with E-state index in [1.807, 2.05) is 73.3 Å². The van der Waals surface area contributed by atoms with Crippen LogP contribution in [0.5, 0.6) is 11.5 Å². The molecule has 0 atom stereocenters. The lowest BCUT2D eigenvalue weighted by molar-refractivity contribution is -0.116. The highest BCUT2D eigenvalue weighted by Gasteiger charge is 2.07. The van der Waals surface area contributed by atoms with E-state index >= 15 is 0 Å². The molecule has 0 spiro atoms. The van der Waals surface area contributed by atoms with Crippen LogP contribution in [0.15, 0.2) is 60.9 Å². The minimum Gasteiger partial charge on any atom is -0.493 e. The van der Waals surface area contributed by atoms with E-state index in [-0.39, 0.29) is 12.3 Å². The lowest BCUT2D eigenvalue weighted by atomic mass is 10.1. The molecule has 0 unspecified atom stereocenters. The molecule has 6 heteroatoms. The fourth-order valence-electron chi connectivity index (χ4n) is 2.85. The lowest BCUT2D eigenvalue weighted by Crippen LogP contribution is -2.15. The van der Waals surface area contributed by atoms with E-state index in [0.29, 0.717) is 31.2 Å². The predicted octanol–water partition coefficient (Wildman–Crippen LogP) is 3.99. The van der Waals surface area contributed by atoms with Gasteiger partial charge in [-0.1, -0.05) is 24.3 Å². The summed E-state index contributed by atoms with van der Waals surface area (Å²) in [6.45, 7) is 5.50. The Morgan fingerprint density at radius 2 is 1.82 bits per heavy atom. The zero-order valence-corrected chi connectivity index (χ0v) is 16.2. The average molecular weight is 379 g/mol. The molecule has 0 saturated heterocycles. The fraction of sp³-hybridized carbons (Fsp3) is 0.273. The van der Waals surface area contributed by atoms with Crippen molar-refractivity contribution in [3.05, 3.63) is 72.1 Å². The van der Waals surface area contributed by atoms with Gasteiger partial charge in [-0.05, 0) is 43.2 Å². The molecule has 1 amide bonds. The van der Waals surface area contributed by atoms with Crippen LogP contribution in [0.2, 0.25) is 0 Å². The number of anilines is 1. The van der Waals surface area contributed by atoms with Gasteiger partial charge in [-0.3, -0.25) is 9.48 Å². The Morgan fingerprint density at radius 1 is 1.04 bits per heavy atom. The molecule has 3 aromatic rings. The van der Waals surface area contributed by atoms with Gasteiger partial charge in [0.1, 0.15) is 18.1 Å². The first-order valence-corrected chi connectivity index (χ1v) is 9.31. The number of aryl methyl sites for hydroxylation is 2. The maximum Gasteiger partial charge on any atom is 0.227 e. The van der Waals surface area contributed by atoms with E-state index in [1.54, 1.807) is 6.20 Å². The van der Waals surface area contributed by atoms with Crippen LogP contribution in [0, 0.1) is 13.8 Å². The van der Waals surface area contributed by atoms with Gasteiger partial charge in [-0.25, -0.2) is 0 Å².